The Bertz CT molecular complexity index is 2790. The molecular formula is C39H20Cl2N2O7. The van der Waals surface area contributed by atoms with E-state index in [4.69, 9.17) is 37.6 Å². The molecule has 0 unspecified atom stereocenters. The summed E-state index contributed by atoms with van der Waals surface area (Å²) in [5.74, 6) is -3.11. The molecule has 4 aromatic carbocycles. The van der Waals surface area contributed by atoms with Crippen LogP contribution in [0.25, 0.3) is 77.7 Å². The number of aromatic nitrogens is 2. The third kappa shape index (κ3) is 4.99. The van der Waals surface area contributed by atoms with E-state index in [9.17, 15) is 29.7 Å². The number of carboxylic acids is 2. The normalized spacial score (nSPS) is 11.5. The Labute approximate surface area is 291 Å². The van der Waals surface area contributed by atoms with Crippen molar-refractivity contribution in [1.29, 1.82) is 0 Å². The number of carbonyl (C=O) groups is 2. The summed E-state index contributed by atoms with van der Waals surface area (Å²) >= 11 is 13.3. The molecule has 0 fully saturated rings. The molecule has 50 heavy (non-hydrogen) atoms. The summed E-state index contributed by atoms with van der Waals surface area (Å²) in [6, 6.07) is 28.5. The van der Waals surface area contributed by atoms with Gasteiger partial charge in [0.1, 0.15) is 17.1 Å². The van der Waals surface area contributed by atoms with Gasteiger partial charge in [-0.2, -0.15) is 0 Å². The van der Waals surface area contributed by atoms with Crippen molar-refractivity contribution in [3.05, 3.63) is 135 Å². The summed E-state index contributed by atoms with van der Waals surface area (Å²) in [5.41, 5.74) is 1.30. The molecule has 9 nitrogen and oxygen atoms in total. The van der Waals surface area contributed by atoms with Crippen molar-refractivity contribution in [1.82, 2.24) is 9.97 Å². The summed E-state index contributed by atoms with van der Waals surface area (Å²) in [6.07, 6.45) is 0. The Morgan fingerprint density at radius 1 is 0.660 bits per heavy atom. The van der Waals surface area contributed by atoms with Crippen molar-refractivity contribution in [2.45, 2.75) is 0 Å². The van der Waals surface area contributed by atoms with E-state index in [0.29, 0.717) is 22.4 Å². The standard InChI is InChI=1S/C39H20Cl2N2O7/c40-25-15-24(38(46)47)37(41)36(35(25)39(48)49)34-22-13-20(28-11-9-18-5-1-3-7-26(18)42-28)30(44)16-32(22)50-33-17-31(45)21(14-23(33)34)29-12-10-19-6-2-4-8-27(19)43-29/h1-17,44H,(H,46,47)(H,48,49). The number of carboxylic acid groups (broad SMARTS) is 2. The lowest BCUT2D eigenvalue weighted by Gasteiger charge is -2.21. The average molecular weight is 700 g/mol. The minimum Gasteiger partial charge on any atom is -0.507 e. The van der Waals surface area contributed by atoms with E-state index in [1.165, 1.54) is 18.2 Å². The van der Waals surface area contributed by atoms with Crippen LogP contribution in [0, 0.1) is 0 Å². The first-order valence-corrected chi connectivity index (χ1v) is 15.8. The number of aromatic hydroxyl groups is 1. The summed E-state index contributed by atoms with van der Waals surface area (Å²) in [7, 11) is 0. The zero-order valence-electron chi connectivity index (χ0n) is 25.4. The number of aromatic carboxylic acids is 2. The summed E-state index contributed by atoms with van der Waals surface area (Å²) in [6.45, 7) is 0. The van der Waals surface area contributed by atoms with E-state index >= 15 is 0 Å². The first-order chi connectivity index (χ1) is 24.1. The SMILES string of the molecule is O=C(O)c1cc(Cl)c(C(=O)O)c(-c2c3cc(-c4ccc5ccccc5n4)c(=O)cc-3oc3cc(O)c(-c4ccc5ccccc5n4)cc23)c1Cl. The highest BCUT2D eigenvalue weighted by Crippen LogP contribution is 2.49. The van der Waals surface area contributed by atoms with Gasteiger partial charge in [-0.25, -0.2) is 19.6 Å². The molecule has 0 spiro atoms. The highest BCUT2D eigenvalue weighted by atomic mass is 35.5. The Morgan fingerprint density at radius 3 is 1.90 bits per heavy atom. The molecule has 0 radical (unpaired) electrons. The van der Waals surface area contributed by atoms with Gasteiger partial charge in [0.05, 0.1) is 43.6 Å². The number of phenols is 1. The molecule has 3 heterocycles. The van der Waals surface area contributed by atoms with Crippen molar-refractivity contribution in [3.8, 4) is 50.7 Å². The van der Waals surface area contributed by atoms with Crippen molar-refractivity contribution < 1.29 is 29.3 Å². The Morgan fingerprint density at radius 2 is 1.28 bits per heavy atom. The van der Waals surface area contributed by atoms with Crippen LogP contribution in [0.1, 0.15) is 20.7 Å². The van der Waals surface area contributed by atoms with Crippen molar-refractivity contribution >= 4 is 67.9 Å². The molecule has 3 N–H and O–H groups in total. The second kappa shape index (κ2) is 11.7. The fourth-order valence-electron chi connectivity index (χ4n) is 6.29. The Hall–Kier alpha value is -6.29. The molecule has 8 rings (SSSR count). The number of hydrogen-bond acceptors (Lipinski definition) is 7. The molecule has 0 bridgehead atoms. The second-order valence-corrected chi connectivity index (χ2v) is 12.3. The van der Waals surface area contributed by atoms with Crippen LogP contribution in [0.3, 0.4) is 0 Å². The number of nitrogens with zero attached hydrogens (tertiary/aromatic N) is 2. The van der Waals surface area contributed by atoms with Gasteiger partial charge in [0.2, 0.25) is 0 Å². The van der Waals surface area contributed by atoms with Crippen LogP contribution in [0.15, 0.2) is 112 Å². The first kappa shape index (κ1) is 31.0. The van der Waals surface area contributed by atoms with E-state index in [-0.39, 0.29) is 55.3 Å². The number of fused-ring (bicyclic) bond motifs is 4. The zero-order chi connectivity index (χ0) is 34.8. The molecule has 0 saturated heterocycles. The van der Waals surface area contributed by atoms with Crippen LogP contribution < -0.4 is 5.43 Å². The Balaban J connectivity index is 1.53. The van der Waals surface area contributed by atoms with Gasteiger partial charge < -0.3 is 19.7 Å². The van der Waals surface area contributed by atoms with Gasteiger partial charge in [-0.05, 0) is 42.5 Å². The fraction of sp³-hybridized carbons (Fsp3) is 0. The third-order valence-corrected chi connectivity index (χ3v) is 9.29. The van der Waals surface area contributed by atoms with Crippen LogP contribution in [0.2, 0.25) is 10.0 Å². The maximum absolute atomic E-state index is 13.6. The van der Waals surface area contributed by atoms with Crippen molar-refractivity contribution in [3.63, 3.8) is 0 Å². The number of rotatable bonds is 5. The number of hydrogen-bond donors (Lipinski definition) is 3. The first-order valence-electron chi connectivity index (χ1n) is 15.1. The van der Waals surface area contributed by atoms with Gasteiger partial charge in [0.15, 0.2) is 5.43 Å². The number of halogens is 2. The fourth-order valence-corrected chi connectivity index (χ4v) is 6.89. The molecule has 1 aliphatic carbocycles. The average Bonchev–Trinajstić information content (AvgIpc) is 3.10. The second-order valence-electron chi connectivity index (χ2n) is 11.5. The summed E-state index contributed by atoms with van der Waals surface area (Å²) in [5, 5.41) is 33.0. The smallest absolute Gasteiger partial charge is 0.337 e. The number of para-hydroxylation sites is 2. The van der Waals surface area contributed by atoms with E-state index in [1.54, 1.807) is 18.2 Å². The topological polar surface area (TPSA) is 151 Å². The molecule has 11 heteroatoms. The van der Waals surface area contributed by atoms with Gasteiger partial charge in [0, 0.05) is 56.1 Å². The highest BCUT2D eigenvalue weighted by molar-refractivity contribution is 6.41. The summed E-state index contributed by atoms with van der Waals surface area (Å²) in [4.78, 5) is 48.2. The van der Waals surface area contributed by atoms with Crippen LogP contribution in [-0.4, -0.2) is 37.2 Å². The van der Waals surface area contributed by atoms with Crippen LogP contribution in [0.5, 0.6) is 5.75 Å². The van der Waals surface area contributed by atoms with Crippen LogP contribution in [-0.2, 0) is 0 Å². The van der Waals surface area contributed by atoms with E-state index < -0.39 is 33.5 Å². The van der Waals surface area contributed by atoms with Crippen molar-refractivity contribution in [2.24, 2.45) is 0 Å². The predicted octanol–water partition coefficient (Wildman–Crippen LogP) is 9.40. The lowest BCUT2D eigenvalue weighted by atomic mass is 9.87. The molecule has 2 aromatic heterocycles. The van der Waals surface area contributed by atoms with Gasteiger partial charge in [-0.15, -0.1) is 0 Å². The van der Waals surface area contributed by atoms with E-state index in [1.807, 2.05) is 60.7 Å². The third-order valence-electron chi connectivity index (χ3n) is 8.60. The molecular weight excluding hydrogens is 679 g/mol. The van der Waals surface area contributed by atoms with Crippen LogP contribution in [0.4, 0.5) is 0 Å². The molecule has 6 aromatic rings. The zero-order valence-corrected chi connectivity index (χ0v) is 27.0. The summed E-state index contributed by atoms with van der Waals surface area (Å²) < 4.78 is 6.20. The molecule has 0 atom stereocenters. The minimum atomic E-state index is -1.47. The van der Waals surface area contributed by atoms with E-state index in [2.05, 4.69) is 0 Å². The molecule has 0 saturated carbocycles. The number of phenolic OH excluding ortho intramolecular Hbond substituents is 1. The van der Waals surface area contributed by atoms with Gasteiger partial charge >= 0.3 is 11.9 Å². The minimum absolute atomic E-state index is 0.0160. The van der Waals surface area contributed by atoms with Gasteiger partial charge in [-0.1, -0.05) is 71.7 Å². The van der Waals surface area contributed by atoms with Gasteiger partial charge in [0.25, 0.3) is 0 Å². The molecule has 1 aliphatic heterocycles. The van der Waals surface area contributed by atoms with Crippen LogP contribution >= 0.6 is 23.2 Å². The lowest BCUT2D eigenvalue weighted by molar-refractivity contribution is 0.0682. The quantitative estimate of drug-likeness (QED) is 0.149. The largest absolute Gasteiger partial charge is 0.507 e. The maximum Gasteiger partial charge on any atom is 0.337 e. The Kier molecular flexibility index (Phi) is 7.25. The van der Waals surface area contributed by atoms with Gasteiger partial charge in [-0.3, -0.25) is 4.79 Å². The highest BCUT2D eigenvalue weighted by Gasteiger charge is 2.31. The van der Waals surface area contributed by atoms with E-state index in [0.717, 1.165) is 16.8 Å². The lowest BCUT2D eigenvalue weighted by Crippen LogP contribution is -2.10. The molecule has 0 amide bonds. The molecule has 242 valence electrons. The monoisotopic (exact) mass is 698 g/mol. The number of pyridine rings is 2. The molecule has 2 aliphatic rings. The van der Waals surface area contributed by atoms with Crippen molar-refractivity contribution in [2.75, 3.05) is 0 Å². The predicted molar refractivity (Wildman–Crippen MR) is 192 cm³/mol. The maximum atomic E-state index is 13.6. The number of benzene rings is 5.